The minimum Gasteiger partial charge on any atom is -0.392 e. The van der Waals surface area contributed by atoms with Gasteiger partial charge in [-0.2, -0.15) is 0 Å². The van der Waals surface area contributed by atoms with E-state index in [0.717, 1.165) is 12.0 Å². The van der Waals surface area contributed by atoms with Crippen molar-refractivity contribution in [2.45, 2.75) is 53.4 Å². The smallest absolute Gasteiger partial charge is 0.0639 e. The Hall–Kier alpha value is -0.300. The second-order valence-electron chi connectivity index (χ2n) is 5.71. The summed E-state index contributed by atoms with van der Waals surface area (Å²) in [6, 6.07) is 0. The third-order valence-electron chi connectivity index (χ3n) is 4.31. The topological polar surface area (TPSA) is 20.2 Å². The van der Waals surface area contributed by atoms with Gasteiger partial charge in [-0.05, 0) is 37.0 Å². The van der Waals surface area contributed by atoms with E-state index in [-0.39, 0.29) is 6.61 Å². The van der Waals surface area contributed by atoms with Crippen LogP contribution in [0.2, 0.25) is 0 Å². The first-order valence-corrected chi connectivity index (χ1v) is 5.68. The van der Waals surface area contributed by atoms with Gasteiger partial charge >= 0.3 is 0 Å². The Balaban J connectivity index is 2.67. The summed E-state index contributed by atoms with van der Waals surface area (Å²) >= 11 is 0. The molecule has 0 aromatic heterocycles. The molecule has 1 rings (SSSR count). The second kappa shape index (κ2) is 4.06. The van der Waals surface area contributed by atoms with Gasteiger partial charge in [-0.3, -0.25) is 0 Å². The molecule has 0 aromatic rings. The van der Waals surface area contributed by atoms with Crippen molar-refractivity contribution in [3.8, 4) is 0 Å². The van der Waals surface area contributed by atoms with Crippen molar-refractivity contribution in [2.75, 3.05) is 6.61 Å². The van der Waals surface area contributed by atoms with Gasteiger partial charge in [0.1, 0.15) is 0 Å². The summed E-state index contributed by atoms with van der Waals surface area (Å²) < 4.78 is 0. The number of hydrogen-bond donors (Lipinski definition) is 1. The summed E-state index contributed by atoms with van der Waals surface area (Å²) in [5.41, 5.74) is 2.00. The Morgan fingerprint density at radius 3 is 2.36 bits per heavy atom. The molecule has 1 heteroatoms. The lowest BCUT2D eigenvalue weighted by Gasteiger charge is -2.38. The van der Waals surface area contributed by atoms with E-state index in [9.17, 15) is 0 Å². The van der Waals surface area contributed by atoms with Gasteiger partial charge < -0.3 is 5.11 Å². The molecule has 0 aromatic carbocycles. The minimum atomic E-state index is 0.205. The molecular formula is C13H24O. The quantitative estimate of drug-likeness (QED) is 0.685. The first-order chi connectivity index (χ1) is 6.41. The van der Waals surface area contributed by atoms with E-state index in [1.807, 2.05) is 6.92 Å². The molecule has 0 saturated heterocycles. The average molecular weight is 196 g/mol. The number of aliphatic hydroxyl groups is 1. The summed E-state index contributed by atoms with van der Waals surface area (Å²) in [5.74, 6) is 0. The van der Waals surface area contributed by atoms with Crippen LogP contribution in [0.15, 0.2) is 11.6 Å². The lowest BCUT2D eigenvalue weighted by Crippen LogP contribution is -2.29. The zero-order chi connectivity index (χ0) is 10.8. The van der Waals surface area contributed by atoms with Crippen LogP contribution in [0.4, 0.5) is 0 Å². The molecule has 1 saturated carbocycles. The number of hydrogen-bond acceptors (Lipinski definition) is 1. The SMILES string of the molecule is C/C(=C\CC1(C)CCCC1(C)C)CO. The normalized spacial score (nSPS) is 32.2. The van der Waals surface area contributed by atoms with E-state index in [1.54, 1.807) is 0 Å². The van der Waals surface area contributed by atoms with Crippen molar-refractivity contribution in [3.05, 3.63) is 11.6 Å². The Morgan fingerprint density at radius 2 is 1.93 bits per heavy atom. The standard InChI is InChI=1S/C13H24O/c1-11(10-14)6-9-13(4)8-5-7-12(13,2)3/h6,14H,5,7-10H2,1-4H3/b11-6+. The zero-order valence-electron chi connectivity index (χ0n) is 10.1. The molecule has 1 unspecified atom stereocenters. The van der Waals surface area contributed by atoms with Crippen LogP contribution in [-0.2, 0) is 0 Å². The van der Waals surface area contributed by atoms with E-state index in [1.165, 1.54) is 19.3 Å². The van der Waals surface area contributed by atoms with Gasteiger partial charge in [-0.1, -0.05) is 38.8 Å². The van der Waals surface area contributed by atoms with Crippen molar-refractivity contribution in [1.29, 1.82) is 0 Å². The van der Waals surface area contributed by atoms with Crippen molar-refractivity contribution in [2.24, 2.45) is 10.8 Å². The second-order valence-corrected chi connectivity index (χ2v) is 5.71. The van der Waals surface area contributed by atoms with Crippen molar-refractivity contribution >= 4 is 0 Å². The molecule has 0 spiro atoms. The highest BCUT2D eigenvalue weighted by Gasteiger charge is 2.43. The summed E-state index contributed by atoms with van der Waals surface area (Å²) in [4.78, 5) is 0. The highest BCUT2D eigenvalue weighted by atomic mass is 16.3. The van der Waals surface area contributed by atoms with Crippen LogP contribution in [0, 0.1) is 10.8 Å². The van der Waals surface area contributed by atoms with Gasteiger partial charge in [0.15, 0.2) is 0 Å². The average Bonchev–Trinajstić information content (AvgIpc) is 2.38. The van der Waals surface area contributed by atoms with Gasteiger partial charge in [-0.25, -0.2) is 0 Å². The molecule has 0 heterocycles. The Bertz CT molecular complexity index is 227. The lowest BCUT2D eigenvalue weighted by molar-refractivity contribution is 0.135. The molecule has 1 aliphatic carbocycles. The van der Waals surface area contributed by atoms with Gasteiger partial charge in [0.2, 0.25) is 0 Å². The molecular weight excluding hydrogens is 172 g/mol. The molecule has 82 valence electrons. The molecule has 1 aliphatic rings. The van der Waals surface area contributed by atoms with Crippen molar-refractivity contribution < 1.29 is 5.11 Å². The molecule has 14 heavy (non-hydrogen) atoms. The molecule has 0 amide bonds. The van der Waals surface area contributed by atoms with Gasteiger partial charge in [-0.15, -0.1) is 0 Å². The van der Waals surface area contributed by atoms with Crippen molar-refractivity contribution in [3.63, 3.8) is 0 Å². The van der Waals surface area contributed by atoms with E-state index >= 15 is 0 Å². The Labute approximate surface area is 88.2 Å². The summed E-state index contributed by atoms with van der Waals surface area (Å²) in [6.45, 7) is 9.35. The fourth-order valence-electron chi connectivity index (χ4n) is 2.40. The van der Waals surface area contributed by atoms with Crippen LogP contribution in [0.1, 0.15) is 53.4 Å². The summed E-state index contributed by atoms with van der Waals surface area (Å²) in [6.07, 6.45) is 7.36. The zero-order valence-corrected chi connectivity index (χ0v) is 10.1. The van der Waals surface area contributed by atoms with E-state index in [4.69, 9.17) is 5.11 Å². The third kappa shape index (κ3) is 2.20. The largest absolute Gasteiger partial charge is 0.392 e. The Morgan fingerprint density at radius 1 is 1.29 bits per heavy atom. The van der Waals surface area contributed by atoms with E-state index in [2.05, 4.69) is 26.8 Å². The van der Waals surface area contributed by atoms with E-state index < -0.39 is 0 Å². The molecule has 0 radical (unpaired) electrons. The lowest BCUT2D eigenvalue weighted by atomic mass is 9.67. The monoisotopic (exact) mass is 196 g/mol. The molecule has 0 aliphatic heterocycles. The third-order valence-corrected chi connectivity index (χ3v) is 4.31. The number of allylic oxidation sites excluding steroid dienone is 1. The Kier molecular flexibility index (Phi) is 3.41. The van der Waals surface area contributed by atoms with Crippen LogP contribution < -0.4 is 0 Å². The summed E-state index contributed by atoms with van der Waals surface area (Å²) in [5, 5.41) is 8.95. The maximum absolute atomic E-state index is 8.95. The van der Waals surface area contributed by atoms with E-state index in [0.29, 0.717) is 10.8 Å². The number of rotatable bonds is 3. The maximum atomic E-state index is 8.95. The highest BCUT2D eigenvalue weighted by Crippen LogP contribution is 2.54. The maximum Gasteiger partial charge on any atom is 0.0639 e. The summed E-state index contributed by atoms with van der Waals surface area (Å²) in [7, 11) is 0. The predicted molar refractivity (Wildman–Crippen MR) is 61.2 cm³/mol. The first kappa shape index (κ1) is 11.8. The van der Waals surface area contributed by atoms with Gasteiger partial charge in [0, 0.05) is 0 Å². The highest BCUT2D eigenvalue weighted by molar-refractivity contribution is 5.05. The molecule has 1 N–H and O–H groups in total. The first-order valence-electron chi connectivity index (χ1n) is 5.68. The van der Waals surface area contributed by atoms with Crippen LogP contribution in [0.3, 0.4) is 0 Å². The number of aliphatic hydroxyl groups excluding tert-OH is 1. The molecule has 1 atom stereocenters. The molecule has 1 nitrogen and oxygen atoms in total. The predicted octanol–water partition coefficient (Wildman–Crippen LogP) is 3.53. The molecule has 0 bridgehead atoms. The van der Waals surface area contributed by atoms with Gasteiger partial charge in [0.05, 0.1) is 6.61 Å². The minimum absolute atomic E-state index is 0.205. The fraction of sp³-hybridized carbons (Fsp3) is 0.846. The van der Waals surface area contributed by atoms with Crippen molar-refractivity contribution in [1.82, 2.24) is 0 Å². The van der Waals surface area contributed by atoms with Crippen LogP contribution in [-0.4, -0.2) is 11.7 Å². The van der Waals surface area contributed by atoms with Crippen LogP contribution in [0.25, 0.3) is 0 Å². The molecule has 1 fully saturated rings. The van der Waals surface area contributed by atoms with Crippen LogP contribution >= 0.6 is 0 Å². The fourth-order valence-corrected chi connectivity index (χ4v) is 2.40. The van der Waals surface area contributed by atoms with Crippen LogP contribution in [0.5, 0.6) is 0 Å². The van der Waals surface area contributed by atoms with Gasteiger partial charge in [0.25, 0.3) is 0 Å².